The van der Waals surface area contributed by atoms with Gasteiger partial charge in [0.25, 0.3) is 0 Å². The third kappa shape index (κ3) is 3.16. The molecule has 0 aromatic carbocycles. The second-order valence-electron chi connectivity index (χ2n) is 4.36. The van der Waals surface area contributed by atoms with Crippen LogP contribution in [0.1, 0.15) is 24.9 Å². The Hall–Kier alpha value is -1.69. The number of aryl methyl sites for hydroxylation is 3. The fraction of sp³-hybridized carbons (Fsp3) is 0.583. The van der Waals surface area contributed by atoms with E-state index < -0.39 is 0 Å². The van der Waals surface area contributed by atoms with Gasteiger partial charge in [-0.1, -0.05) is 6.92 Å². The molecule has 0 atom stereocenters. The Kier molecular flexibility index (Phi) is 4.46. The standard InChI is InChI=1S/C12H20N6/c1-3-5-13-7-11-8-14-9-18(11)6-4-12-16-15-10-17(12)2/h8-10,13H,3-7H2,1-2H3. The summed E-state index contributed by atoms with van der Waals surface area (Å²) in [5, 5.41) is 11.4. The summed E-state index contributed by atoms with van der Waals surface area (Å²) in [7, 11) is 1.97. The van der Waals surface area contributed by atoms with Gasteiger partial charge in [-0.2, -0.15) is 0 Å². The quantitative estimate of drug-likeness (QED) is 0.735. The largest absolute Gasteiger partial charge is 0.333 e. The minimum atomic E-state index is 0.868. The molecule has 0 fully saturated rings. The molecule has 18 heavy (non-hydrogen) atoms. The van der Waals surface area contributed by atoms with Crippen LogP contribution >= 0.6 is 0 Å². The molecule has 0 unspecified atom stereocenters. The van der Waals surface area contributed by atoms with Gasteiger partial charge in [0.15, 0.2) is 0 Å². The molecule has 0 aliphatic heterocycles. The zero-order valence-corrected chi connectivity index (χ0v) is 11.0. The molecule has 6 heteroatoms. The molecule has 0 radical (unpaired) electrons. The average molecular weight is 248 g/mol. The van der Waals surface area contributed by atoms with Crippen molar-refractivity contribution >= 4 is 0 Å². The molecule has 6 nitrogen and oxygen atoms in total. The Labute approximate surface area is 107 Å². The van der Waals surface area contributed by atoms with Gasteiger partial charge in [-0.15, -0.1) is 10.2 Å². The molecule has 2 rings (SSSR count). The first-order chi connectivity index (χ1) is 8.81. The van der Waals surface area contributed by atoms with Crippen LogP contribution in [0.2, 0.25) is 0 Å². The number of aromatic nitrogens is 5. The van der Waals surface area contributed by atoms with E-state index in [4.69, 9.17) is 0 Å². The Balaban J connectivity index is 1.89. The van der Waals surface area contributed by atoms with Crippen LogP contribution in [0.25, 0.3) is 0 Å². The summed E-state index contributed by atoms with van der Waals surface area (Å²) < 4.78 is 4.11. The second-order valence-corrected chi connectivity index (χ2v) is 4.36. The monoisotopic (exact) mass is 248 g/mol. The van der Waals surface area contributed by atoms with E-state index in [-0.39, 0.29) is 0 Å². The van der Waals surface area contributed by atoms with E-state index in [0.29, 0.717) is 0 Å². The summed E-state index contributed by atoms with van der Waals surface area (Å²) in [5.74, 6) is 0.996. The molecule has 0 amide bonds. The van der Waals surface area contributed by atoms with Crippen LogP contribution in [0.4, 0.5) is 0 Å². The van der Waals surface area contributed by atoms with Crippen molar-refractivity contribution in [1.29, 1.82) is 0 Å². The van der Waals surface area contributed by atoms with Gasteiger partial charge in [0.2, 0.25) is 0 Å². The number of hydrogen-bond donors (Lipinski definition) is 1. The van der Waals surface area contributed by atoms with E-state index in [1.807, 2.05) is 24.1 Å². The lowest BCUT2D eigenvalue weighted by Gasteiger charge is -2.08. The first kappa shape index (κ1) is 12.8. The highest BCUT2D eigenvalue weighted by Crippen LogP contribution is 2.02. The SMILES string of the molecule is CCCNCc1cncn1CCc1nncn1C. The molecular formula is C12H20N6. The van der Waals surface area contributed by atoms with E-state index in [9.17, 15) is 0 Å². The highest BCUT2D eigenvalue weighted by molar-refractivity contribution is 4.98. The Bertz CT molecular complexity index is 472. The molecule has 0 saturated heterocycles. The van der Waals surface area contributed by atoms with Crippen LogP contribution in [-0.2, 0) is 26.6 Å². The van der Waals surface area contributed by atoms with Crippen LogP contribution in [0.5, 0.6) is 0 Å². The van der Waals surface area contributed by atoms with Gasteiger partial charge in [-0.3, -0.25) is 0 Å². The van der Waals surface area contributed by atoms with Gasteiger partial charge < -0.3 is 14.5 Å². The topological polar surface area (TPSA) is 60.6 Å². The molecule has 0 bridgehead atoms. The zero-order chi connectivity index (χ0) is 12.8. The third-order valence-electron chi connectivity index (χ3n) is 2.91. The van der Waals surface area contributed by atoms with E-state index >= 15 is 0 Å². The lowest BCUT2D eigenvalue weighted by Crippen LogP contribution is -2.17. The van der Waals surface area contributed by atoms with Crippen molar-refractivity contribution in [3.63, 3.8) is 0 Å². The first-order valence-electron chi connectivity index (χ1n) is 6.34. The molecule has 2 aromatic heterocycles. The lowest BCUT2D eigenvalue weighted by atomic mass is 10.3. The first-order valence-corrected chi connectivity index (χ1v) is 6.34. The maximum atomic E-state index is 4.20. The summed E-state index contributed by atoms with van der Waals surface area (Å²) in [6.45, 7) is 4.95. The van der Waals surface area contributed by atoms with Crippen molar-refractivity contribution in [2.45, 2.75) is 32.9 Å². The summed E-state index contributed by atoms with van der Waals surface area (Å²) in [6.07, 6.45) is 7.53. The molecule has 98 valence electrons. The van der Waals surface area contributed by atoms with Gasteiger partial charge in [-0.05, 0) is 13.0 Å². The van der Waals surface area contributed by atoms with Crippen molar-refractivity contribution in [3.05, 3.63) is 30.4 Å². The van der Waals surface area contributed by atoms with Crippen LogP contribution in [0, 0.1) is 0 Å². The van der Waals surface area contributed by atoms with Crippen LogP contribution in [-0.4, -0.2) is 30.9 Å². The predicted octanol–water partition coefficient (Wildman–Crippen LogP) is 0.754. The number of hydrogen-bond acceptors (Lipinski definition) is 4. The third-order valence-corrected chi connectivity index (χ3v) is 2.91. The molecule has 0 spiro atoms. The van der Waals surface area contributed by atoms with Crippen LogP contribution in [0.3, 0.4) is 0 Å². The van der Waals surface area contributed by atoms with Gasteiger partial charge in [0.05, 0.1) is 12.0 Å². The zero-order valence-electron chi connectivity index (χ0n) is 11.0. The average Bonchev–Trinajstić information content (AvgIpc) is 2.96. The molecule has 2 heterocycles. The Morgan fingerprint density at radius 3 is 2.94 bits per heavy atom. The highest BCUT2D eigenvalue weighted by atomic mass is 15.2. The maximum absolute atomic E-state index is 4.20. The van der Waals surface area contributed by atoms with Gasteiger partial charge in [-0.25, -0.2) is 4.98 Å². The van der Waals surface area contributed by atoms with Crippen molar-refractivity contribution in [3.8, 4) is 0 Å². The smallest absolute Gasteiger partial charge is 0.134 e. The maximum Gasteiger partial charge on any atom is 0.134 e. The van der Waals surface area contributed by atoms with Crippen LogP contribution in [0.15, 0.2) is 18.9 Å². The Morgan fingerprint density at radius 2 is 2.22 bits per heavy atom. The van der Waals surface area contributed by atoms with Crippen molar-refractivity contribution in [2.24, 2.45) is 7.05 Å². The van der Waals surface area contributed by atoms with Crippen LogP contribution < -0.4 is 5.32 Å². The molecule has 2 aromatic rings. The summed E-state index contributed by atoms with van der Waals surface area (Å²) in [4.78, 5) is 4.20. The van der Waals surface area contributed by atoms with Crippen molar-refractivity contribution < 1.29 is 0 Å². The molecule has 0 saturated carbocycles. The number of imidazole rings is 1. The Morgan fingerprint density at radius 1 is 1.33 bits per heavy atom. The normalized spacial score (nSPS) is 11.0. The molecule has 1 N–H and O–H groups in total. The lowest BCUT2D eigenvalue weighted by molar-refractivity contribution is 0.590. The minimum absolute atomic E-state index is 0.868. The fourth-order valence-electron chi connectivity index (χ4n) is 1.84. The van der Waals surface area contributed by atoms with Crippen molar-refractivity contribution in [2.75, 3.05) is 6.54 Å². The summed E-state index contributed by atoms with van der Waals surface area (Å²) in [5.41, 5.74) is 1.21. The molecular weight excluding hydrogens is 228 g/mol. The van der Waals surface area contributed by atoms with Gasteiger partial charge in [0, 0.05) is 32.8 Å². The summed E-state index contributed by atoms with van der Waals surface area (Å²) >= 11 is 0. The fourth-order valence-corrected chi connectivity index (χ4v) is 1.84. The highest BCUT2D eigenvalue weighted by Gasteiger charge is 2.04. The molecule has 0 aliphatic carbocycles. The predicted molar refractivity (Wildman–Crippen MR) is 68.9 cm³/mol. The van der Waals surface area contributed by atoms with E-state index in [1.165, 1.54) is 5.69 Å². The van der Waals surface area contributed by atoms with Gasteiger partial charge in [0.1, 0.15) is 12.2 Å². The van der Waals surface area contributed by atoms with E-state index in [2.05, 4.69) is 32.0 Å². The molecule has 0 aliphatic rings. The van der Waals surface area contributed by atoms with Crippen molar-refractivity contribution in [1.82, 2.24) is 29.6 Å². The summed E-state index contributed by atoms with van der Waals surface area (Å²) in [6, 6.07) is 0. The van der Waals surface area contributed by atoms with Gasteiger partial charge >= 0.3 is 0 Å². The second kappa shape index (κ2) is 6.30. The van der Waals surface area contributed by atoms with E-state index in [0.717, 1.165) is 38.3 Å². The number of nitrogens with one attached hydrogen (secondary N) is 1. The number of nitrogens with zero attached hydrogens (tertiary/aromatic N) is 5. The minimum Gasteiger partial charge on any atom is -0.333 e. The number of rotatable bonds is 7. The van der Waals surface area contributed by atoms with E-state index in [1.54, 1.807) is 6.33 Å².